The van der Waals surface area contributed by atoms with E-state index in [9.17, 15) is 5.11 Å². The molecule has 34 heavy (non-hydrogen) atoms. The molecule has 0 saturated heterocycles. The first-order valence-electron chi connectivity index (χ1n) is 13.3. The number of fused-ring (bicyclic) bond motifs is 3. The Hall–Kier alpha value is -2.54. The summed E-state index contributed by atoms with van der Waals surface area (Å²) < 4.78 is 0. The van der Waals surface area contributed by atoms with E-state index in [1.54, 1.807) is 0 Å². The summed E-state index contributed by atoms with van der Waals surface area (Å²) in [7, 11) is 0. The van der Waals surface area contributed by atoms with Gasteiger partial charge in [0, 0.05) is 11.0 Å². The molecular formula is C33H42O. The van der Waals surface area contributed by atoms with Gasteiger partial charge in [0.05, 0.1) is 0 Å². The highest BCUT2D eigenvalue weighted by molar-refractivity contribution is 5.85. The van der Waals surface area contributed by atoms with Crippen LogP contribution in [0.3, 0.4) is 0 Å². The molecule has 0 amide bonds. The summed E-state index contributed by atoms with van der Waals surface area (Å²) in [6.07, 6.45) is 4.80. The number of aromatic hydroxyl groups is 1. The third-order valence-electron chi connectivity index (χ3n) is 7.75. The van der Waals surface area contributed by atoms with Gasteiger partial charge in [-0.25, -0.2) is 0 Å². The summed E-state index contributed by atoms with van der Waals surface area (Å²) in [4.78, 5) is 0. The van der Waals surface area contributed by atoms with E-state index in [-0.39, 0.29) is 11.3 Å². The standard InChI is InChI=1S/C33H42O/c1-8-10-24(7)20-33(19-21(2)3)30-16-13-23(6)17-29(30)28-15-14-25(18-31(28)33)27-12-9-11-26(22(4)5)32(27)34/h9,11-18,21-22,24,34H,8,10,19-20H2,1-7H3. The van der Waals surface area contributed by atoms with Crippen molar-refractivity contribution in [1.82, 2.24) is 0 Å². The largest absolute Gasteiger partial charge is 0.507 e. The lowest BCUT2D eigenvalue weighted by Gasteiger charge is -2.36. The van der Waals surface area contributed by atoms with Gasteiger partial charge in [0.15, 0.2) is 0 Å². The summed E-state index contributed by atoms with van der Waals surface area (Å²) in [5, 5.41) is 11.2. The number of rotatable bonds is 8. The Morgan fingerprint density at radius 3 is 2.24 bits per heavy atom. The summed E-state index contributed by atoms with van der Waals surface area (Å²) in [6.45, 7) is 15.9. The van der Waals surface area contributed by atoms with Gasteiger partial charge in [0.1, 0.15) is 5.75 Å². The molecule has 0 aromatic heterocycles. The zero-order valence-electron chi connectivity index (χ0n) is 22.2. The maximum atomic E-state index is 11.2. The first-order valence-corrected chi connectivity index (χ1v) is 13.3. The van der Waals surface area contributed by atoms with Crippen molar-refractivity contribution in [3.63, 3.8) is 0 Å². The monoisotopic (exact) mass is 454 g/mol. The van der Waals surface area contributed by atoms with Gasteiger partial charge in [-0.1, -0.05) is 108 Å². The first-order chi connectivity index (χ1) is 16.2. The van der Waals surface area contributed by atoms with E-state index in [0.29, 0.717) is 17.6 Å². The highest BCUT2D eigenvalue weighted by atomic mass is 16.3. The molecule has 0 aliphatic heterocycles. The summed E-state index contributed by atoms with van der Waals surface area (Å²) in [5.74, 6) is 1.97. The number of para-hydroxylation sites is 1. The number of phenolic OH excluding ortho intramolecular Hbond substituents is 1. The molecule has 1 nitrogen and oxygen atoms in total. The Labute approximate surface area is 207 Å². The topological polar surface area (TPSA) is 20.2 Å². The molecule has 2 unspecified atom stereocenters. The highest BCUT2D eigenvalue weighted by Crippen LogP contribution is 2.56. The molecule has 0 fully saturated rings. The van der Waals surface area contributed by atoms with Gasteiger partial charge in [-0.2, -0.15) is 0 Å². The van der Waals surface area contributed by atoms with Crippen molar-refractivity contribution in [2.75, 3.05) is 0 Å². The van der Waals surface area contributed by atoms with Crippen molar-refractivity contribution in [2.45, 2.75) is 85.5 Å². The molecule has 0 saturated carbocycles. The van der Waals surface area contributed by atoms with Gasteiger partial charge in [-0.3, -0.25) is 0 Å². The Morgan fingerprint density at radius 1 is 0.794 bits per heavy atom. The fourth-order valence-corrected chi connectivity index (χ4v) is 6.46. The lowest BCUT2D eigenvalue weighted by molar-refractivity contribution is 0.315. The molecule has 2 atom stereocenters. The van der Waals surface area contributed by atoms with Crippen molar-refractivity contribution >= 4 is 0 Å². The molecule has 0 bridgehead atoms. The van der Waals surface area contributed by atoms with E-state index in [4.69, 9.17) is 0 Å². The van der Waals surface area contributed by atoms with E-state index in [1.165, 1.54) is 47.1 Å². The average molecular weight is 455 g/mol. The van der Waals surface area contributed by atoms with Crippen LogP contribution in [0.15, 0.2) is 54.6 Å². The van der Waals surface area contributed by atoms with E-state index < -0.39 is 0 Å². The quantitative estimate of drug-likeness (QED) is 0.359. The molecule has 1 aliphatic rings. The van der Waals surface area contributed by atoms with Gasteiger partial charge in [-0.15, -0.1) is 0 Å². The normalized spacial score (nSPS) is 17.8. The molecule has 3 aromatic rings. The van der Waals surface area contributed by atoms with Crippen LogP contribution in [0.25, 0.3) is 22.3 Å². The van der Waals surface area contributed by atoms with E-state index in [1.807, 2.05) is 6.07 Å². The third-order valence-corrected chi connectivity index (χ3v) is 7.75. The third kappa shape index (κ3) is 4.30. The van der Waals surface area contributed by atoms with Crippen LogP contribution in [0.2, 0.25) is 0 Å². The van der Waals surface area contributed by atoms with Crippen LogP contribution in [0.1, 0.15) is 95.4 Å². The first kappa shape index (κ1) is 24.6. The Morgan fingerprint density at radius 2 is 1.56 bits per heavy atom. The zero-order chi connectivity index (χ0) is 24.6. The zero-order valence-corrected chi connectivity index (χ0v) is 22.2. The van der Waals surface area contributed by atoms with Crippen LogP contribution in [-0.4, -0.2) is 5.11 Å². The second kappa shape index (κ2) is 9.61. The van der Waals surface area contributed by atoms with Crippen LogP contribution in [0.5, 0.6) is 5.75 Å². The second-order valence-corrected chi connectivity index (χ2v) is 11.5. The molecular weight excluding hydrogens is 412 g/mol. The molecule has 180 valence electrons. The molecule has 0 heterocycles. The van der Waals surface area contributed by atoms with Crippen LogP contribution in [0.4, 0.5) is 0 Å². The van der Waals surface area contributed by atoms with Gasteiger partial charge in [0.2, 0.25) is 0 Å². The van der Waals surface area contributed by atoms with Crippen LogP contribution < -0.4 is 0 Å². The fraction of sp³-hybridized carbons (Fsp3) is 0.455. The fourth-order valence-electron chi connectivity index (χ4n) is 6.46. The van der Waals surface area contributed by atoms with E-state index in [0.717, 1.165) is 23.1 Å². The SMILES string of the molecule is CCCC(C)CC1(CC(C)C)c2ccc(C)cc2-c2ccc(-c3cccc(C(C)C)c3O)cc21. The predicted octanol–water partition coefficient (Wildman–Crippen LogP) is 9.63. The van der Waals surface area contributed by atoms with Crippen molar-refractivity contribution < 1.29 is 5.11 Å². The lowest BCUT2D eigenvalue weighted by Crippen LogP contribution is -2.30. The van der Waals surface area contributed by atoms with E-state index >= 15 is 0 Å². The number of phenols is 1. The van der Waals surface area contributed by atoms with Crippen molar-refractivity contribution in [3.05, 3.63) is 76.9 Å². The molecule has 0 radical (unpaired) electrons. The molecule has 1 aliphatic carbocycles. The summed E-state index contributed by atoms with van der Waals surface area (Å²) in [6, 6.07) is 20.2. The van der Waals surface area contributed by atoms with Crippen LogP contribution in [-0.2, 0) is 5.41 Å². The van der Waals surface area contributed by atoms with Crippen molar-refractivity contribution in [2.24, 2.45) is 11.8 Å². The maximum Gasteiger partial charge on any atom is 0.126 e. The minimum atomic E-state index is 0.0163. The lowest BCUT2D eigenvalue weighted by atomic mass is 9.67. The van der Waals surface area contributed by atoms with Crippen LogP contribution in [0, 0.1) is 18.8 Å². The molecule has 3 aromatic carbocycles. The summed E-state index contributed by atoms with van der Waals surface area (Å²) >= 11 is 0. The van der Waals surface area contributed by atoms with Gasteiger partial charge in [-0.05, 0) is 77.0 Å². The minimum Gasteiger partial charge on any atom is -0.507 e. The second-order valence-electron chi connectivity index (χ2n) is 11.5. The number of benzene rings is 3. The average Bonchev–Trinajstić information content (AvgIpc) is 3.01. The molecule has 0 spiro atoms. The number of hydrogen-bond acceptors (Lipinski definition) is 1. The van der Waals surface area contributed by atoms with Crippen molar-refractivity contribution in [3.8, 4) is 28.0 Å². The van der Waals surface area contributed by atoms with Crippen LogP contribution >= 0.6 is 0 Å². The smallest absolute Gasteiger partial charge is 0.126 e. The number of aryl methyl sites for hydroxylation is 1. The van der Waals surface area contributed by atoms with E-state index in [2.05, 4.69) is 97.0 Å². The number of hydrogen-bond donors (Lipinski definition) is 1. The Bertz CT molecular complexity index is 1170. The maximum absolute atomic E-state index is 11.2. The highest BCUT2D eigenvalue weighted by Gasteiger charge is 2.44. The van der Waals surface area contributed by atoms with Crippen molar-refractivity contribution in [1.29, 1.82) is 0 Å². The summed E-state index contributed by atoms with van der Waals surface area (Å²) in [5.41, 5.74) is 10.2. The molecule has 1 heteroatoms. The predicted molar refractivity (Wildman–Crippen MR) is 147 cm³/mol. The molecule has 1 N–H and O–H groups in total. The Kier molecular flexibility index (Phi) is 6.94. The van der Waals surface area contributed by atoms with Gasteiger partial charge >= 0.3 is 0 Å². The van der Waals surface area contributed by atoms with Gasteiger partial charge < -0.3 is 5.11 Å². The minimum absolute atomic E-state index is 0.0163. The van der Waals surface area contributed by atoms with Gasteiger partial charge in [0.25, 0.3) is 0 Å². The molecule has 4 rings (SSSR count). The Balaban J connectivity index is 1.96.